The normalized spacial score (nSPS) is 18.2. The number of pyridine rings is 1. The maximum absolute atomic E-state index is 13.1. The van der Waals surface area contributed by atoms with Crippen molar-refractivity contribution >= 4 is 34.1 Å². The molecule has 0 spiro atoms. The average Bonchev–Trinajstić information content (AvgIpc) is 3.48. The summed E-state index contributed by atoms with van der Waals surface area (Å²) in [4.78, 5) is 30.2. The van der Waals surface area contributed by atoms with E-state index in [1.165, 1.54) is 0 Å². The second kappa shape index (κ2) is 8.12. The Morgan fingerprint density at radius 1 is 1.00 bits per heavy atom. The van der Waals surface area contributed by atoms with Crippen molar-refractivity contribution in [1.29, 1.82) is 0 Å². The minimum atomic E-state index is -0.372. The summed E-state index contributed by atoms with van der Waals surface area (Å²) in [6, 6.07) is 15.0. The number of nitrogens with zero attached hydrogens (tertiary/aromatic N) is 1. The topological polar surface area (TPSA) is 80.3 Å². The van der Waals surface area contributed by atoms with Gasteiger partial charge in [-0.05, 0) is 68.5 Å². The van der Waals surface area contributed by atoms with Crippen LogP contribution >= 0.6 is 0 Å². The predicted octanol–water partition coefficient (Wildman–Crippen LogP) is 4.79. The van der Waals surface area contributed by atoms with Crippen LogP contribution in [0.25, 0.3) is 10.9 Å². The largest absolute Gasteiger partial charge is 0.368 e. The summed E-state index contributed by atoms with van der Waals surface area (Å²) in [6.45, 7) is 2.66. The van der Waals surface area contributed by atoms with Crippen molar-refractivity contribution < 1.29 is 14.3 Å². The highest BCUT2D eigenvalue weighted by atomic mass is 16.5. The summed E-state index contributed by atoms with van der Waals surface area (Å²) in [7, 11) is 0. The summed E-state index contributed by atoms with van der Waals surface area (Å²) < 4.78 is 5.41. The Labute approximate surface area is 181 Å². The molecule has 6 nitrogen and oxygen atoms in total. The van der Waals surface area contributed by atoms with Crippen LogP contribution in [0.2, 0.25) is 0 Å². The number of carbonyl (C=O) groups is 2. The van der Waals surface area contributed by atoms with E-state index in [9.17, 15) is 9.59 Å². The van der Waals surface area contributed by atoms with Gasteiger partial charge in [-0.25, -0.2) is 0 Å². The number of benzene rings is 2. The van der Waals surface area contributed by atoms with Gasteiger partial charge in [0, 0.05) is 35.0 Å². The molecule has 0 bridgehead atoms. The maximum Gasteiger partial charge on any atom is 0.256 e. The lowest BCUT2D eigenvalue weighted by Gasteiger charge is -2.13. The Balaban J connectivity index is 1.35. The van der Waals surface area contributed by atoms with Gasteiger partial charge in [-0.15, -0.1) is 0 Å². The van der Waals surface area contributed by atoms with E-state index >= 15 is 0 Å². The van der Waals surface area contributed by atoms with Gasteiger partial charge in [-0.3, -0.25) is 14.6 Å². The van der Waals surface area contributed by atoms with E-state index in [-0.39, 0.29) is 17.9 Å². The Morgan fingerprint density at radius 2 is 1.74 bits per heavy atom. The van der Waals surface area contributed by atoms with Gasteiger partial charge in [-0.2, -0.15) is 0 Å². The first-order chi connectivity index (χ1) is 15.1. The molecule has 2 aromatic carbocycles. The SMILES string of the molecule is Cc1cccc2c(C(=O)Nc3ccc(NC(=O)C4CCCO4)cc3)cc(C3CC3)nc12. The molecule has 0 radical (unpaired) electrons. The van der Waals surface area contributed by atoms with E-state index in [4.69, 9.17) is 9.72 Å². The molecule has 3 aromatic rings. The van der Waals surface area contributed by atoms with Gasteiger partial charge in [0.25, 0.3) is 11.8 Å². The molecule has 2 fully saturated rings. The van der Waals surface area contributed by atoms with Crippen LogP contribution < -0.4 is 10.6 Å². The average molecular weight is 415 g/mol. The summed E-state index contributed by atoms with van der Waals surface area (Å²) in [5.74, 6) is 0.179. The van der Waals surface area contributed by atoms with Crippen molar-refractivity contribution in [3.05, 3.63) is 65.4 Å². The Bertz CT molecular complexity index is 1150. The lowest BCUT2D eigenvalue weighted by Crippen LogP contribution is -2.26. The van der Waals surface area contributed by atoms with Crippen molar-refractivity contribution in [2.24, 2.45) is 0 Å². The van der Waals surface area contributed by atoms with Crippen LogP contribution in [0.3, 0.4) is 0 Å². The molecule has 2 N–H and O–H groups in total. The zero-order valence-corrected chi connectivity index (χ0v) is 17.5. The molecule has 5 rings (SSSR count). The van der Waals surface area contributed by atoms with Gasteiger partial charge in [-0.1, -0.05) is 18.2 Å². The Morgan fingerprint density at radius 3 is 2.42 bits per heavy atom. The third-order valence-electron chi connectivity index (χ3n) is 5.93. The Kier molecular flexibility index (Phi) is 5.16. The maximum atomic E-state index is 13.1. The van der Waals surface area contributed by atoms with Gasteiger partial charge >= 0.3 is 0 Å². The lowest BCUT2D eigenvalue weighted by molar-refractivity contribution is -0.124. The van der Waals surface area contributed by atoms with Gasteiger partial charge in [0.05, 0.1) is 11.1 Å². The molecule has 2 heterocycles. The molecule has 1 unspecified atom stereocenters. The highest BCUT2D eigenvalue weighted by molar-refractivity contribution is 6.13. The number of para-hydroxylation sites is 1. The minimum Gasteiger partial charge on any atom is -0.368 e. The van der Waals surface area contributed by atoms with Gasteiger partial charge in [0.2, 0.25) is 0 Å². The summed E-state index contributed by atoms with van der Waals surface area (Å²) in [5.41, 5.74) is 4.96. The second-order valence-corrected chi connectivity index (χ2v) is 8.36. The molecule has 1 saturated heterocycles. The van der Waals surface area contributed by atoms with E-state index in [2.05, 4.69) is 10.6 Å². The lowest BCUT2D eigenvalue weighted by atomic mass is 10.0. The van der Waals surface area contributed by atoms with Gasteiger partial charge in [0.1, 0.15) is 6.10 Å². The molecule has 2 amide bonds. The molecule has 31 heavy (non-hydrogen) atoms. The number of rotatable bonds is 5. The molecule has 1 saturated carbocycles. The quantitative estimate of drug-likeness (QED) is 0.628. The molecular formula is C25H25N3O3. The number of hydrogen-bond donors (Lipinski definition) is 2. The van der Waals surface area contributed by atoms with Gasteiger partial charge < -0.3 is 15.4 Å². The molecule has 1 aliphatic heterocycles. The molecular weight excluding hydrogens is 390 g/mol. The van der Waals surface area contributed by atoms with Crippen LogP contribution in [-0.2, 0) is 9.53 Å². The van der Waals surface area contributed by atoms with Crippen LogP contribution in [0.4, 0.5) is 11.4 Å². The number of carbonyl (C=O) groups excluding carboxylic acids is 2. The fourth-order valence-electron chi connectivity index (χ4n) is 4.03. The zero-order chi connectivity index (χ0) is 21.4. The molecule has 1 atom stereocenters. The number of hydrogen-bond acceptors (Lipinski definition) is 4. The Hall–Kier alpha value is -3.25. The van der Waals surface area contributed by atoms with Crippen molar-refractivity contribution in [2.75, 3.05) is 17.2 Å². The smallest absolute Gasteiger partial charge is 0.256 e. The first-order valence-corrected chi connectivity index (χ1v) is 10.8. The van der Waals surface area contributed by atoms with Crippen molar-refractivity contribution in [3.8, 4) is 0 Å². The number of aryl methyl sites for hydroxylation is 1. The zero-order valence-electron chi connectivity index (χ0n) is 17.5. The van der Waals surface area contributed by atoms with E-state index < -0.39 is 0 Å². The fraction of sp³-hybridized carbons (Fsp3) is 0.320. The van der Waals surface area contributed by atoms with Crippen molar-refractivity contribution in [2.45, 2.75) is 44.6 Å². The number of nitrogens with one attached hydrogen (secondary N) is 2. The standard InChI is InChI=1S/C25H25N3O3/c1-15-4-2-5-19-20(14-21(16-7-8-16)28-23(15)19)24(29)26-17-9-11-18(12-10-17)27-25(30)22-6-3-13-31-22/h2,4-5,9-12,14,16,22H,3,6-8,13H2,1H3,(H,26,29)(H,27,30). The summed E-state index contributed by atoms with van der Waals surface area (Å²) >= 11 is 0. The number of ether oxygens (including phenoxy) is 1. The van der Waals surface area contributed by atoms with E-state index in [0.29, 0.717) is 29.5 Å². The van der Waals surface area contributed by atoms with Crippen LogP contribution in [0.15, 0.2) is 48.5 Å². The fourth-order valence-corrected chi connectivity index (χ4v) is 4.03. The van der Waals surface area contributed by atoms with Crippen LogP contribution in [0, 0.1) is 6.92 Å². The number of anilines is 2. The van der Waals surface area contributed by atoms with Crippen LogP contribution in [-0.4, -0.2) is 29.5 Å². The predicted molar refractivity (Wildman–Crippen MR) is 120 cm³/mol. The molecule has 2 aliphatic rings. The van der Waals surface area contributed by atoms with Crippen LogP contribution in [0.1, 0.15) is 53.2 Å². The third kappa shape index (κ3) is 4.16. The van der Waals surface area contributed by atoms with Crippen molar-refractivity contribution in [3.63, 3.8) is 0 Å². The van der Waals surface area contributed by atoms with E-state index in [1.807, 2.05) is 31.2 Å². The first-order valence-electron chi connectivity index (χ1n) is 10.8. The minimum absolute atomic E-state index is 0.125. The highest BCUT2D eigenvalue weighted by Crippen LogP contribution is 2.40. The summed E-state index contributed by atoms with van der Waals surface area (Å²) in [5, 5.41) is 6.72. The first kappa shape index (κ1) is 19.7. The number of amides is 2. The monoisotopic (exact) mass is 415 g/mol. The molecule has 1 aromatic heterocycles. The van der Waals surface area contributed by atoms with Crippen molar-refractivity contribution in [1.82, 2.24) is 4.98 Å². The highest BCUT2D eigenvalue weighted by Gasteiger charge is 2.27. The van der Waals surface area contributed by atoms with Crippen LogP contribution in [0.5, 0.6) is 0 Å². The molecule has 1 aliphatic carbocycles. The molecule has 6 heteroatoms. The van der Waals surface area contributed by atoms with Gasteiger partial charge in [0.15, 0.2) is 0 Å². The third-order valence-corrected chi connectivity index (χ3v) is 5.93. The number of fused-ring (bicyclic) bond motifs is 1. The number of aromatic nitrogens is 1. The van der Waals surface area contributed by atoms with E-state index in [1.54, 1.807) is 24.3 Å². The second-order valence-electron chi connectivity index (χ2n) is 8.36. The van der Waals surface area contributed by atoms with E-state index in [0.717, 1.165) is 47.8 Å². The summed E-state index contributed by atoms with van der Waals surface area (Å²) in [6.07, 6.45) is 3.55. The molecule has 158 valence electrons.